The van der Waals surface area contributed by atoms with E-state index < -0.39 is 12.1 Å². The molecule has 1 amide bonds. The van der Waals surface area contributed by atoms with Crippen molar-refractivity contribution in [1.82, 2.24) is 4.90 Å². The predicted octanol–water partition coefficient (Wildman–Crippen LogP) is 3.26. The van der Waals surface area contributed by atoms with Crippen LogP contribution in [0, 0.1) is 0 Å². The second-order valence-electron chi connectivity index (χ2n) is 5.65. The minimum absolute atomic E-state index is 0.0478. The van der Waals surface area contributed by atoms with Crippen LogP contribution < -0.4 is 4.74 Å². The van der Waals surface area contributed by atoms with E-state index in [-0.39, 0.29) is 12.3 Å². The second kappa shape index (κ2) is 8.53. The van der Waals surface area contributed by atoms with Crippen LogP contribution in [0.15, 0.2) is 48.5 Å². The van der Waals surface area contributed by atoms with Crippen molar-refractivity contribution < 1.29 is 19.1 Å². The molecule has 0 heterocycles. The van der Waals surface area contributed by atoms with Gasteiger partial charge in [0.05, 0.1) is 13.5 Å². The smallest absolute Gasteiger partial charge is 0.311 e. The number of esters is 1. The van der Waals surface area contributed by atoms with E-state index in [1.807, 2.05) is 6.07 Å². The van der Waals surface area contributed by atoms with E-state index in [2.05, 4.69) is 0 Å². The summed E-state index contributed by atoms with van der Waals surface area (Å²) < 4.78 is 10.7. The number of nitrogens with zero attached hydrogens (tertiary/aromatic N) is 1. The number of ether oxygens (including phenoxy) is 2. The van der Waals surface area contributed by atoms with E-state index in [0.29, 0.717) is 21.9 Å². The summed E-state index contributed by atoms with van der Waals surface area (Å²) in [5.41, 5.74) is 1.22. The normalized spacial score (nSPS) is 11.5. The first-order valence-corrected chi connectivity index (χ1v) is 8.08. The van der Waals surface area contributed by atoms with Gasteiger partial charge < -0.3 is 14.4 Å². The molecule has 0 aliphatic heterocycles. The number of benzene rings is 2. The van der Waals surface area contributed by atoms with E-state index in [9.17, 15) is 9.59 Å². The molecule has 0 unspecified atom stereocenters. The molecule has 0 spiro atoms. The van der Waals surface area contributed by atoms with Crippen LogP contribution in [0.3, 0.4) is 0 Å². The monoisotopic (exact) mass is 361 g/mol. The van der Waals surface area contributed by atoms with Gasteiger partial charge in [0, 0.05) is 30.2 Å². The average molecular weight is 362 g/mol. The number of halogens is 1. The van der Waals surface area contributed by atoms with Crippen molar-refractivity contribution in [2.24, 2.45) is 0 Å². The molecule has 0 bridgehead atoms. The molecule has 6 heteroatoms. The first-order valence-electron chi connectivity index (χ1n) is 7.70. The van der Waals surface area contributed by atoms with Crippen molar-refractivity contribution in [3.05, 3.63) is 64.7 Å². The van der Waals surface area contributed by atoms with Crippen LogP contribution in [0.2, 0.25) is 5.02 Å². The molecule has 0 saturated carbocycles. The predicted molar refractivity (Wildman–Crippen MR) is 95.7 cm³/mol. The Hall–Kier alpha value is -2.53. The molecule has 1 atom stereocenters. The Morgan fingerprint density at radius 3 is 2.40 bits per heavy atom. The summed E-state index contributed by atoms with van der Waals surface area (Å²) in [6.45, 7) is 0. The Balaban J connectivity index is 2.20. The van der Waals surface area contributed by atoms with Crippen LogP contribution in [0.25, 0.3) is 0 Å². The summed E-state index contributed by atoms with van der Waals surface area (Å²) >= 11 is 5.98. The molecule has 2 rings (SSSR count). The first-order chi connectivity index (χ1) is 11.9. The number of likely N-dealkylation sites (N-methyl/N-ethyl adjacent to an activating group) is 1. The van der Waals surface area contributed by atoms with Gasteiger partial charge in [0.25, 0.3) is 5.91 Å². The largest absolute Gasteiger partial charge is 0.496 e. The highest BCUT2D eigenvalue weighted by Crippen LogP contribution is 2.25. The third kappa shape index (κ3) is 4.97. The van der Waals surface area contributed by atoms with E-state index in [1.54, 1.807) is 56.6 Å². The van der Waals surface area contributed by atoms with Crippen molar-refractivity contribution in [1.29, 1.82) is 0 Å². The topological polar surface area (TPSA) is 55.8 Å². The molecule has 132 valence electrons. The van der Waals surface area contributed by atoms with Gasteiger partial charge in [-0.15, -0.1) is 0 Å². The summed E-state index contributed by atoms with van der Waals surface area (Å²) in [5.74, 6) is -0.307. The molecule has 2 aromatic carbocycles. The van der Waals surface area contributed by atoms with Crippen molar-refractivity contribution in [3.8, 4) is 5.75 Å². The molecule has 2 aromatic rings. The van der Waals surface area contributed by atoms with E-state index >= 15 is 0 Å². The highest BCUT2D eigenvalue weighted by molar-refractivity contribution is 6.30. The van der Waals surface area contributed by atoms with Crippen molar-refractivity contribution >= 4 is 23.5 Å². The molecule has 25 heavy (non-hydrogen) atoms. The molecular weight excluding hydrogens is 342 g/mol. The summed E-state index contributed by atoms with van der Waals surface area (Å²) in [7, 11) is 4.75. The Morgan fingerprint density at radius 2 is 1.80 bits per heavy atom. The fraction of sp³-hybridized carbons (Fsp3) is 0.263. The minimum atomic E-state index is -0.992. The summed E-state index contributed by atoms with van der Waals surface area (Å²) in [6, 6.07) is 13.9. The number of rotatable bonds is 6. The maximum absolute atomic E-state index is 12.4. The number of methoxy groups -OCH3 is 1. The number of hydrogen-bond acceptors (Lipinski definition) is 4. The van der Waals surface area contributed by atoms with E-state index in [4.69, 9.17) is 21.1 Å². The highest BCUT2D eigenvalue weighted by atomic mass is 35.5. The van der Waals surface area contributed by atoms with Gasteiger partial charge in [-0.3, -0.25) is 9.59 Å². The van der Waals surface area contributed by atoms with E-state index in [0.717, 1.165) is 0 Å². The fourth-order valence-corrected chi connectivity index (χ4v) is 2.53. The fourth-order valence-electron chi connectivity index (χ4n) is 2.34. The van der Waals surface area contributed by atoms with Crippen molar-refractivity contribution in [2.45, 2.75) is 12.5 Å². The number of carbonyl (C=O) groups is 2. The SMILES string of the molecule is COc1ccc(Cl)cc1CC(=O)O[C@@H](C(=O)N(C)C)c1ccccc1. The lowest BCUT2D eigenvalue weighted by Crippen LogP contribution is -2.31. The number of hydrogen-bond donors (Lipinski definition) is 0. The van der Waals surface area contributed by atoms with Gasteiger partial charge in [-0.05, 0) is 18.2 Å². The van der Waals surface area contributed by atoms with Gasteiger partial charge >= 0.3 is 5.97 Å². The maximum Gasteiger partial charge on any atom is 0.311 e. The Kier molecular flexibility index (Phi) is 6.42. The Labute approximate surface area is 152 Å². The molecule has 5 nitrogen and oxygen atoms in total. The highest BCUT2D eigenvalue weighted by Gasteiger charge is 2.26. The third-order valence-electron chi connectivity index (χ3n) is 3.59. The van der Waals surface area contributed by atoms with Crippen LogP contribution in [-0.4, -0.2) is 38.0 Å². The second-order valence-corrected chi connectivity index (χ2v) is 6.08. The minimum Gasteiger partial charge on any atom is -0.496 e. The molecule has 0 radical (unpaired) electrons. The first kappa shape index (κ1) is 18.8. The van der Waals surface area contributed by atoms with Crippen molar-refractivity contribution in [2.75, 3.05) is 21.2 Å². The number of carbonyl (C=O) groups excluding carboxylic acids is 2. The van der Waals surface area contributed by atoms with Crippen LogP contribution in [0.5, 0.6) is 5.75 Å². The zero-order chi connectivity index (χ0) is 18.4. The molecule has 0 aliphatic carbocycles. The quantitative estimate of drug-likeness (QED) is 0.741. The van der Waals surface area contributed by atoms with Gasteiger partial charge in [-0.2, -0.15) is 0 Å². The summed E-state index contributed by atoms with van der Waals surface area (Å²) in [6.07, 6.45) is -1.04. The molecule has 0 fully saturated rings. The molecule has 0 N–H and O–H groups in total. The van der Waals surface area contributed by atoms with Crippen molar-refractivity contribution in [3.63, 3.8) is 0 Å². The van der Waals surface area contributed by atoms with Gasteiger partial charge in [0.1, 0.15) is 5.75 Å². The zero-order valence-corrected chi connectivity index (χ0v) is 15.1. The lowest BCUT2D eigenvalue weighted by Gasteiger charge is -2.21. The van der Waals surface area contributed by atoms with Crippen LogP contribution in [-0.2, 0) is 20.7 Å². The lowest BCUT2D eigenvalue weighted by atomic mass is 10.1. The maximum atomic E-state index is 12.4. The molecule has 0 saturated heterocycles. The van der Waals surface area contributed by atoms with Gasteiger partial charge in [-0.1, -0.05) is 41.9 Å². The molecule has 0 aliphatic rings. The van der Waals surface area contributed by atoms with Gasteiger partial charge in [0.2, 0.25) is 6.10 Å². The van der Waals surface area contributed by atoms with Gasteiger partial charge in [-0.25, -0.2) is 0 Å². The van der Waals surface area contributed by atoms with Crippen LogP contribution >= 0.6 is 11.6 Å². The summed E-state index contributed by atoms with van der Waals surface area (Å²) in [4.78, 5) is 26.2. The van der Waals surface area contributed by atoms with Crippen LogP contribution in [0.1, 0.15) is 17.2 Å². The Bertz CT molecular complexity index is 746. The lowest BCUT2D eigenvalue weighted by molar-refractivity contribution is -0.159. The van der Waals surface area contributed by atoms with Gasteiger partial charge in [0.15, 0.2) is 0 Å². The molecular formula is C19H20ClNO4. The zero-order valence-electron chi connectivity index (χ0n) is 14.4. The average Bonchev–Trinajstić information content (AvgIpc) is 2.60. The van der Waals surface area contributed by atoms with E-state index in [1.165, 1.54) is 12.0 Å². The van der Waals surface area contributed by atoms with Crippen LogP contribution in [0.4, 0.5) is 0 Å². The third-order valence-corrected chi connectivity index (χ3v) is 3.83. The standard InChI is InChI=1S/C19H20ClNO4/c1-21(2)19(23)18(13-7-5-4-6-8-13)25-17(22)12-14-11-15(20)9-10-16(14)24-3/h4-11,18H,12H2,1-3H3/t18-/m1/s1. The summed E-state index contributed by atoms with van der Waals surface area (Å²) in [5, 5.41) is 0.493. The molecule has 0 aromatic heterocycles. The Morgan fingerprint density at radius 1 is 1.12 bits per heavy atom. The number of amides is 1.